The zero-order valence-corrected chi connectivity index (χ0v) is 14.4. The first-order chi connectivity index (χ1) is 10.9. The molecule has 0 unspecified atom stereocenters. The molecule has 0 spiro atoms. The Morgan fingerprint density at radius 1 is 1.09 bits per heavy atom. The van der Waals surface area contributed by atoms with Crippen LogP contribution in [0.3, 0.4) is 0 Å². The number of rotatable bonds is 6. The minimum absolute atomic E-state index is 0.155. The largest absolute Gasteiger partial charge is 0.497 e. The Hall–Kier alpha value is -1.99. The van der Waals surface area contributed by atoms with Crippen LogP contribution in [0.25, 0.3) is 0 Å². The Labute approximate surface area is 140 Å². The molecule has 0 bridgehead atoms. The summed E-state index contributed by atoms with van der Waals surface area (Å²) in [6.45, 7) is 0. The molecule has 0 aliphatic carbocycles. The van der Waals surface area contributed by atoms with Crippen molar-refractivity contribution < 1.29 is 17.9 Å². The van der Waals surface area contributed by atoms with Crippen molar-refractivity contribution in [3.63, 3.8) is 0 Å². The van der Waals surface area contributed by atoms with Crippen LogP contribution in [0.2, 0.25) is 0 Å². The first-order valence-corrected chi connectivity index (χ1v) is 9.63. The number of ether oxygens (including phenoxy) is 1. The van der Waals surface area contributed by atoms with Gasteiger partial charge in [0.15, 0.2) is 9.84 Å². The van der Waals surface area contributed by atoms with Crippen LogP contribution in [0.1, 0.15) is 0 Å². The maximum atomic E-state index is 11.9. The SMILES string of the molecule is COc1ccc(SCC(=O)Nc2ccc(S(C)(=O)=O)cc2)cc1. The molecule has 5 nitrogen and oxygen atoms in total. The first-order valence-electron chi connectivity index (χ1n) is 6.75. The van der Waals surface area contributed by atoms with Crippen molar-refractivity contribution in [1.29, 1.82) is 0 Å². The monoisotopic (exact) mass is 351 g/mol. The predicted octanol–water partition coefficient (Wildman–Crippen LogP) is 2.83. The van der Waals surface area contributed by atoms with Crippen LogP contribution >= 0.6 is 11.8 Å². The third kappa shape index (κ3) is 5.30. The Morgan fingerprint density at radius 3 is 2.22 bits per heavy atom. The number of nitrogens with one attached hydrogen (secondary N) is 1. The zero-order valence-electron chi connectivity index (χ0n) is 12.8. The van der Waals surface area contributed by atoms with E-state index < -0.39 is 9.84 Å². The fourth-order valence-electron chi connectivity index (χ4n) is 1.80. The molecule has 2 aromatic carbocycles. The number of methoxy groups -OCH3 is 1. The molecule has 0 aromatic heterocycles. The number of amides is 1. The summed E-state index contributed by atoms with van der Waals surface area (Å²) in [5, 5.41) is 2.73. The number of thioether (sulfide) groups is 1. The minimum Gasteiger partial charge on any atom is -0.497 e. The summed E-state index contributed by atoms with van der Waals surface area (Å²) in [6, 6.07) is 13.5. The molecule has 122 valence electrons. The molecule has 2 rings (SSSR count). The van der Waals surface area contributed by atoms with Gasteiger partial charge in [-0.25, -0.2) is 8.42 Å². The molecule has 7 heteroatoms. The average Bonchev–Trinajstić information content (AvgIpc) is 2.53. The number of anilines is 1. The van der Waals surface area contributed by atoms with Gasteiger partial charge in [-0.1, -0.05) is 0 Å². The lowest BCUT2D eigenvalue weighted by atomic mass is 10.3. The fourth-order valence-corrected chi connectivity index (χ4v) is 3.13. The first kappa shape index (κ1) is 17.4. The lowest BCUT2D eigenvalue weighted by molar-refractivity contribution is -0.113. The molecule has 0 aliphatic rings. The fraction of sp³-hybridized carbons (Fsp3) is 0.188. The molecule has 23 heavy (non-hydrogen) atoms. The Morgan fingerprint density at radius 2 is 1.70 bits per heavy atom. The molecule has 0 atom stereocenters. The molecule has 0 heterocycles. The van der Waals surface area contributed by atoms with Gasteiger partial charge in [0.25, 0.3) is 0 Å². The molecule has 0 saturated heterocycles. The summed E-state index contributed by atoms with van der Waals surface area (Å²) in [7, 11) is -1.63. The van der Waals surface area contributed by atoms with E-state index >= 15 is 0 Å². The average molecular weight is 351 g/mol. The van der Waals surface area contributed by atoms with Crippen LogP contribution in [0.4, 0.5) is 5.69 Å². The van der Waals surface area contributed by atoms with Gasteiger partial charge in [-0.3, -0.25) is 4.79 Å². The number of hydrogen-bond donors (Lipinski definition) is 1. The van der Waals surface area contributed by atoms with E-state index in [1.54, 1.807) is 19.2 Å². The molecule has 2 aromatic rings. The van der Waals surface area contributed by atoms with Gasteiger partial charge in [0, 0.05) is 16.8 Å². The molecule has 1 amide bonds. The van der Waals surface area contributed by atoms with Crippen molar-refractivity contribution in [2.45, 2.75) is 9.79 Å². The van der Waals surface area contributed by atoms with Crippen molar-refractivity contribution in [3.05, 3.63) is 48.5 Å². The molecule has 0 radical (unpaired) electrons. The van der Waals surface area contributed by atoms with Gasteiger partial charge >= 0.3 is 0 Å². The Balaban J connectivity index is 1.89. The van der Waals surface area contributed by atoms with E-state index in [2.05, 4.69) is 5.32 Å². The standard InChI is InChI=1S/C16H17NO4S2/c1-21-13-5-7-14(8-6-13)22-11-16(18)17-12-3-9-15(10-4-12)23(2,19)20/h3-10H,11H2,1-2H3,(H,17,18). The van der Waals surface area contributed by atoms with Gasteiger partial charge < -0.3 is 10.1 Å². The maximum absolute atomic E-state index is 11.9. The maximum Gasteiger partial charge on any atom is 0.234 e. The van der Waals surface area contributed by atoms with Crippen LogP contribution in [0, 0.1) is 0 Å². The smallest absolute Gasteiger partial charge is 0.234 e. The molecule has 0 fully saturated rings. The molecule has 0 aliphatic heterocycles. The number of carbonyl (C=O) groups is 1. The van der Waals surface area contributed by atoms with Crippen LogP contribution in [0.5, 0.6) is 5.75 Å². The zero-order chi connectivity index (χ0) is 16.9. The number of hydrogen-bond acceptors (Lipinski definition) is 5. The number of benzene rings is 2. The highest BCUT2D eigenvalue weighted by Gasteiger charge is 2.08. The van der Waals surface area contributed by atoms with E-state index in [1.165, 1.54) is 23.9 Å². The summed E-state index contributed by atoms with van der Waals surface area (Å²) in [5.74, 6) is 0.878. The Kier molecular flexibility index (Phi) is 5.68. The third-order valence-electron chi connectivity index (χ3n) is 3.00. The van der Waals surface area contributed by atoms with E-state index in [0.29, 0.717) is 5.69 Å². The summed E-state index contributed by atoms with van der Waals surface area (Å²) in [6.07, 6.45) is 1.14. The van der Waals surface area contributed by atoms with E-state index in [1.807, 2.05) is 24.3 Å². The van der Waals surface area contributed by atoms with Gasteiger partial charge in [-0.2, -0.15) is 0 Å². The van der Waals surface area contributed by atoms with Crippen molar-refractivity contribution in [3.8, 4) is 5.75 Å². The summed E-state index contributed by atoms with van der Waals surface area (Å²) < 4.78 is 27.8. The normalized spacial score (nSPS) is 11.0. The van der Waals surface area contributed by atoms with Crippen LogP contribution < -0.4 is 10.1 Å². The summed E-state index contributed by atoms with van der Waals surface area (Å²) >= 11 is 1.41. The van der Waals surface area contributed by atoms with Crippen molar-refractivity contribution in [1.82, 2.24) is 0 Å². The third-order valence-corrected chi connectivity index (χ3v) is 5.14. The number of sulfone groups is 1. The molecule has 0 saturated carbocycles. The van der Waals surface area contributed by atoms with Gasteiger partial charge in [-0.15, -0.1) is 11.8 Å². The van der Waals surface area contributed by atoms with E-state index in [9.17, 15) is 13.2 Å². The second kappa shape index (κ2) is 7.52. The highest BCUT2D eigenvalue weighted by Crippen LogP contribution is 2.21. The van der Waals surface area contributed by atoms with Crippen molar-refractivity contribution in [2.24, 2.45) is 0 Å². The van der Waals surface area contributed by atoms with E-state index in [0.717, 1.165) is 16.9 Å². The highest BCUT2D eigenvalue weighted by molar-refractivity contribution is 8.00. The Bertz CT molecular complexity index is 769. The molecule has 1 N–H and O–H groups in total. The van der Waals surface area contributed by atoms with Crippen LogP contribution in [-0.4, -0.2) is 33.4 Å². The van der Waals surface area contributed by atoms with E-state index in [4.69, 9.17) is 4.74 Å². The lowest BCUT2D eigenvalue weighted by Gasteiger charge is -2.06. The van der Waals surface area contributed by atoms with Gasteiger partial charge in [-0.05, 0) is 48.5 Å². The molecular weight excluding hydrogens is 334 g/mol. The predicted molar refractivity (Wildman–Crippen MR) is 91.9 cm³/mol. The summed E-state index contributed by atoms with van der Waals surface area (Å²) in [5.41, 5.74) is 0.567. The second-order valence-corrected chi connectivity index (χ2v) is 7.87. The van der Waals surface area contributed by atoms with E-state index in [-0.39, 0.29) is 16.6 Å². The van der Waals surface area contributed by atoms with Gasteiger partial charge in [0.2, 0.25) is 5.91 Å². The second-order valence-electron chi connectivity index (χ2n) is 4.81. The van der Waals surface area contributed by atoms with Gasteiger partial charge in [0.05, 0.1) is 17.8 Å². The van der Waals surface area contributed by atoms with Crippen LogP contribution in [0.15, 0.2) is 58.3 Å². The topological polar surface area (TPSA) is 72.5 Å². The van der Waals surface area contributed by atoms with Crippen molar-refractivity contribution >= 4 is 33.2 Å². The lowest BCUT2D eigenvalue weighted by Crippen LogP contribution is -2.14. The minimum atomic E-state index is -3.23. The van der Waals surface area contributed by atoms with Crippen molar-refractivity contribution in [2.75, 3.05) is 24.4 Å². The highest BCUT2D eigenvalue weighted by atomic mass is 32.2. The quantitative estimate of drug-likeness (QED) is 0.810. The molecular formula is C16H17NO4S2. The summed E-state index contributed by atoms with van der Waals surface area (Å²) in [4.78, 5) is 13.1. The van der Waals surface area contributed by atoms with Gasteiger partial charge in [0.1, 0.15) is 5.75 Å². The number of carbonyl (C=O) groups excluding carboxylic acids is 1. The van der Waals surface area contributed by atoms with Crippen LogP contribution in [-0.2, 0) is 14.6 Å².